The van der Waals surface area contributed by atoms with Gasteiger partial charge in [-0.15, -0.1) is 0 Å². The second-order valence-electron chi connectivity index (χ2n) is 15.2. The van der Waals surface area contributed by atoms with Gasteiger partial charge in [-0.2, -0.15) is 5.10 Å². The van der Waals surface area contributed by atoms with Gasteiger partial charge in [0.1, 0.15) is 41.9 Å². The van der Waals surface area contributed by atoms with Gasteiger partial charge in [-0.05, 0) is 37.1 Å². The first-order valence-electron chi connectivity index (χ1n) is 20.7. The summed E-state index contributed by atoms with van der Waals surface area (Å²) in [5, 5.41) is 35.6. The van der Waals surface area contributed by atoms with Gasteiger partial charge in [-0.3, -0.25) is 9.05 Å². The molecule has 1 fully saturated rings. The van der Waals surface area contributed by atoms with Crippen LogP contribution in [0.2, 0.25) is 0 Å². The van der Waals surface area contributed by atoms with Gasteiger partial charge >= 0.3 is 13.8 Å². The Bertz CT molecular complexity index is 1680. The number of nitrogen functional groups attached to an aromatic ring is 1. The number of rotatable bonds is 30. The molecule has 0 saturated carbocycles. The monoisotopic (exact) mass is 820 g/mol. The number of anilines is 1. The van der Waals surface area contributed by atoms with E-state index in [1.54, 1.807) is 37.3 Å². The zero-order valence-corrected chi connectivity index (χ0v) is 34.6. The van der Waals surface area contributed by atoms with Crippen LogP contribution in [0, 0.1) is 0 Å². The molecule has 4 rings (SSSR count). The number of carboxylic acid groups (broad SMARTS) is 1. The predicted molar refractivity (Wildman–Crippen MR) is 216 cm³/mol. The van der Waals surface area contributed by atoms with E-state index in [-0.39, 0.29) is 24.6 Å². The molecule has 3 heterocycles. The second-order valence-corrected chi connectivity index (χ2v) is 16.6. The molecule has 0 spiro atoms. The zero-order chi connectivity index (χ0) is 41.1. The third-order valence-corrected chi connectivity index (χ3v) is 11.6. The van der Waals surface area contributed by atoms with Crippen LogP contribution in [0.4, 0.5) is 5.82 Å². The highest BCUT2D eigenvalue weighted by atomic mass is 31.2. The highest BCUT2D eigenvalue weighted by molar-refractivity contribution is 7.47. The number of nitrogens with two attached hydrogens (primary N) is 1. The Morgan fingerprint density at radius 3 is 2.16 bits per heavy atom. The molecule has 16 heteroatoms. The number of hydrogen-bond donors (Lipinski definition) is 5. The van der Waals surface area contributed by atoms with E-state index < -0.39 is 57.0 Å². The number of aliphatic hydroxyl groups is 2. The summed E-state index contributed by atoms with van der Waals surface area (Å²) in [6.07, 6.45) is 16.5. The maximum atomic E-state index is 13.0. The SMILES string of the molecule is CCCCCCCCCCCCCCCCCCOC[C@H](COP(=O)(O)OC[C@H]1O[C@@](C)(c2ccc3c(N)ncnn23)[C@H](O)[C@@H]1O)OCc1ccccc1C(=O)O. The van der Waals surface area contributed by atoms with Gasteiger partial charge in [0.05, 0.1) is 37.7 Å². The fourth-order valence-electron chi connectivity index (χ4n) is 7.21. The lowest BCUT2D eigenvalue weighted by atomic mass is 9.93. The average molecular weight is 821 g/mol. The molecule has 6 atom stereocenters. The summed E-state index contributed by atoms with van der Waals surface area (Å²) in [7, 11) is -4.74. The molecule has 320 valence electrons. The quantitative estimate of drug-likeness (QED) is 0.0328. The van der Waals surface area contributed by atoms with Crippen molar-refractivity contribution in [1.82, 2.24) is 14.6 Å². The van der Waals surface area contributed by atoms with Crippen molar-refractivity contribution in [2.75, 3.05) is 32.2 Å². The number of nitrogens with zero attached hydrogens (tertiary/aromatic N) is 3. The second kappa shape index (κ2) is 24.2. The normalized spacial score (nSPS) is 21.2. The molecule has 1 aliphatic rings. The Kier molecular flexibility index (Phi) is 19.8. The topological polar surface area (TPSA) is 217 Å². The molecule has 0 amide bonds. The van der Waals surface area contributed by atoms with Crippen LogP contribution in [0.1, 0.15) is 138 Å². The van der Waals surface area contributed by atoms with E-state index >= 15 is 0 Å². The number of benzene rings is 1. The number of unbranched alkanes of at least 4 members (excludes halogenated alkanes) is 15. The first kappa shape index (κ1) is 46.7. The van der Waals surface area contributed by atoms with Gasteiger partial charge in [-0.25, -0.2) is 18.9 Å². The molecule has 0 radical (unpaired) electrons. The van der Waals surface area contributed by atoms with Crippen molar-refractivity contribution in [3.63, 3.8) is 0 Å². The Morgan fingerprint density at radius 2 is 1.53 bits per heavy atom. The van der Waals surface area contributed by atoms with Gasteiger partial charge in [0.2, 0.25) is 0 Å². The third kappa shape index (κ3) is 14.7. The van der Waals surface area contributed by atoms with E-state index in [0.717, 1.165) is 19.3 Å². The van der Waals surface area contributed by atoms with E-state index in [4.69, 9.17) is 29.0 Å². The fourth-order valence-corrected chi connectivity index (χ4v) is 7.98. The molecule has 0 aliphatic carbocycles. The van der Waals surface area contributed by atoms with Gasteiger partial charge in [0.15, 0.2) is 5.82 Å². The van der Waals surface area contributed by atoms with Crippen LogP contribution >= 0.6 is 7.82 Å². The van der Waals surface area contributed by atoms with Gasteiger partial charge < -0.3 is 40.2 Å². The molecule has 0 bridgehead atoms. The molecular formula is C41H65N4O11P. The van der Waals surface area contributed by atoms with Crippen molar-refractivity contribution in [3.8, 4) is 0 Å². The molecular weight excluding hydrogens is 755 g/mol. The molecule has 1 aromatic carbocycles. The minimum atomic E-state index is -4.74. The summed E-state index contributed by atoms with van der Waals surface area (Å²) in [5.41, 5.74) is 5.83. The van der Waals surface area contributed by atoms with Gasteiger partial charge in [0.25, 0.3) is 0 Å². The Balaban J connectivity index is 1.18. The molecule has 1 aliphatic heterocycles. The minimum absolute atomic E-state index is 0.0301. The highest BCUT2D eigenvalue weighted by Gasteiger charge is 2.54. The smallest absolute Gasteiger partial charge is 0.472 e. The maximum Gasteiger partial charge on any atom is 0.472 e. The molecule has 1 saturated heterocycles. The van der Waals surface area contributed by atoms with E-state index in [0.29, 0.717) is 23.4 Å². The summed E-state index contributed by atoms with van der Waals surface area (Å²) in [5.74, 6) is -0.889. The van der Waals surface area contributed by atoms with Crippen molar-refractivity contribution in [3.05, 3.63) is 59.5 Å². The van der Waals surface area contributed by atoms with Crippen LogP contribution in [0.5, 0.6) is 0 Å². The number of aromatic nitrogens is 3. The predicted octanol–water partition coefficient (Wildman–Crippen LogP) is 7.34. The van der Waals surface area contributed by atoms with Crippen molar-refractivity contribution < 1.29 is 52.8 Å². The zero-order valence-electron chi connectivity index (χ0n) is 33.7. The van der Waals surface area contributed by atoms with Crippen LogP contribution in [0.15, 0.2) is 42.7 Å². The molecule has 3 aromatic rings. The van der Waals surface area contributed by atoms with E-state index in [2.05, 4.69) is 17.0 Å². The molecule has 2 aromatic heterocycles. The largest absolute Gasteiger partial charge is 0.478 e. The Hall–Kier alpha value is -2.98. The number of phosphoric acid groups is 1. The van der Waals surface area contributed by atoms with Crippen molar-refractivity contribution >= 4 is 25.1 Å². The third-order valence-electron chi connectivity index (χ3n) is 10.6. The van der Waals surface area contributed by atoms with Crippen LogP contribution < -0.4 is 5.73 Å². The number of carbonyl (C=O) groups is 1. The summed E-state index contributed by atoms with van der Waals surface area (Å²) in [6, 6.07) is 9.71. The number of hydrogen-bond acceptors (Lipinski definition) is 12. The van der Waals surface area contributed by atoms with E-state index in [9.17, 15) is 29.6 Å². The van der Waals surface area contributed by atoms with Crippen molar-refractivity contribution in [2.45, 2.75) is 153 Å². The average Bonchev–Trinajstić information content (AvgIpc) is 3.74. The first-order chi connectivity index (χ1) is 27.5. The van der Waals surface area contributed by atoms with E-state index in [1.807, 2.05) is 0 Å². The van der Waals surface area contributed by atoms with Crippen LogP contribution in [0.25, 0.3) is 5.52 Å². The molecule has 1 unspecified atom stereocenters. The number of aliphatic hydroxyl groups excluding tert-OH is 2. The fraction of sp³-hybridized carbons (Fsp3) is 0.683. The van der Waals surface area contributed by atoms with Crippen LogP contribution in [0.3, 0.4) is 0 Å². The standard InChI is InChI=1S/C41H65N4O11P/c1-3-4-5-6-7-8-9-10-11-12-13-14-15-16-17-20-25-52-27-32(53-26-31-21-18-19-22-33(31)40(48)49)28-54-57(50,51)55-29-35-37(46)38(47)41(2,56-35)36-24-23-34-39(42)43-30-44-45(34)36/h18-19,21-24,30,32,35,37-38,46-47H,3-17,20,25-29H2,1-2H3,(H,48,49)(H,50,51)(H2,42,43,44)/t32-,35-,37-,38-,41+/m1/s1. The maximum absolute atomic E-state index is 13.0. The van der Waals surface area contributed by atoms with Gasteiger partial charge in [0, 0.05) is 6.61 Å². The summed E-state index contributed by atoms with van der Waals surface area (Å²) in [6.45, 7) is 3.21. The van der Waals surface area contributed by atoms with Gasteiger partial charge in [-0.1, -0.05) is 121 Å². The van der Waals surface area contributed by atoms with Crippen LogP contribution in [-0.2, 0) is 40.0 Å². The van der Waals surface area contributed by atoms with Crippen molar-refractivity contribution in [1.29, 1.82) is 0 Å². The summed E-state index contributed by atoms with van der Waals surface area (Å²) >= 11 is 0. The number of ether oxygens (including phenoxy) is 3. The number of fused-ring (bicyclic) bond motifs is 1. The summed E-state index contributed by atoms with van der Waals surface area (Å²) in [4.78, 5) is 26.3. The summed E-state index contributed by atoms with van der Waals surface area (Å²) < 4.78 is 42.8. The Morgan fingerprint density at radius 1 is 0.912 bits per heavy atom. The van der Waals surface area contributed by atoms with E-state index in [1.165, 1.54) is 100 Å². The molecule has 57 heavy (non-hydrogen) atoms. The van der Waals surface area contributed by atoms with Crippen LogP contribution in [-0.4, -0.2) is 91.6 Å². The van der Waals surface area contributed by atoms with Crippen molar-refractivity contribution in [2.24, 2.45) is 0 Å². The minimum Gasteiger partial charge on any atom is -0.478 e. The highest BCUT2D eigenvalue weighted by Crippen LogP contribution is 2.46. The Labute approximate surface area is 336 Å². The lowest BCUT2D eigenvalue weighted by Crippen LogP contribution is -2.39. The lowest BCUT2D eigenvalue weighted by Gasteiger charge is -2.27. The lowest BCUT2D eigenvalue weighted by molar-refractivity contribution is -0.0901. The molecule has 15 nitrogen and oxygen atoms in total. The number of aromatic carboxylic acids is 1. The number of phosphoric ester groups is 1. The number of carboxylic acids is 1. The molecule has 6 N–H and O–H groups in total. The first-order valence-corrected chi connectivity index (χ1v) is 22.2.